The van der Waals surface area contributed by atoms with E-state index < -0.39 is 0 Å². The highest BCUT2D eigenvalue weighted by Crippen LogP contribution is 2.24. The lowest BCUT2D eigenvalue weighted by atomic mass is 10.1. The van der Waals surface area contributed by atoms with E-state index in [0.29, 0.717) is 11.6 Å². The van der Waals surface area contributed by atoms with Gasteiger partial charge in [0.1, 0.15) is 5.82 Å². The molecule has 0 bridgehead atoms. The summed E-state index contributed by atoms with van der Waals surface area (Å²) in [5.41, 5.74) is 8.95. The van der Waals surface area contributed by atoms with Crippen molar-refractivity contribution >= 4 is 11.5 Å². The molecule has 0 spiro atoms. The lowest BCUT2D eigenvalue weighted by Gasteiger charge is -2.23. The molecule has 0 aliphatic heterocycles. The summed E-state index contributed by atoms with van der Waals surface area (Å²) >= 11 is 0. The molecule has 1 aromatic carbocycles. The maximum Gasteiger partial charge on any atom is 0.238 e. The third kappa shape index (κ3) is 3.02. The molecule has 0 aliphatic carbocycles. The summed E-state index contributed by atoms with van der Waals surface area (Å²) in [5.74, 6) is 1.35. The minimum Gasteiger partial charge on any atom is -0.479 e. The first-order valence-corrected chi connectivity index (χ1v) is 6.75. The van der Waals surface area contributed by atoms with Crippen molar-refractivity contribution in [3.63, 3.8) is 0 Å². The molecule has 0 saturated carbocycles. The number of hydrogen-bond donors (Lipinski definition) is 1. The zero-order valence-corrected chi connectivity index (χ0v) is 12.3. The SMILES string of the molecule is CCN(Cc1ccccc1C)c1ccc(N)c(OC)n1. The predicted molar refractivity (Wildman–Crippen MR) is 83.1 cm³/mol. The highest BCUT2D eigenvalue weighted by molar-refractivity contribution is 5.54. The van der Waals surface area contributed by atoms with E-state index in [-0.39, 0.29) is 0 Å². The normalized spacial score (nSPS) is 10.3. The van der Waals surface area contributed by atoms with Gasteiger partial charge in [-0.05, 0) is 37.1 Å². The van der Waals surface area contributed by atoms with Crippen LogP contribution >= 0.6 is 0 Å². The molecular formula is C16H21N3O. The average Bonchev–Trinajstić information content (AvgIpc) is 2.47. The lowest BCUT2D eigenvalue weighted by molar-refractivity contribution is 0.400. The van der Waals surface area contributed by atoms with Gasteiger partial charge in [-0.2, -0.15) is 4.98 Å². The van der Waals surface area contributed by atoms with Crippen LogP contribution in [0, 0.1) is 6.92 Å². The number of nitrogens with two attached hydrogens (primary N) is 1. The van der Waals surface area contributed by atoms with Crippen LogP contribution in [0.25, 0.3) is 0 Å². The Morgan fingerprint density at radius 2 is 1.95 bits per heavy atom. The van der Waals surface area contributed by atoms with Gasteiger partial charge in [-0.3, -0.25) is 0 Å². The first-order chi connectivity index (χ1) is 9.65. The van der Waals surface area contributed by atoms with Crippen LogP contribution in [0.5, 0.6) is 5.88 Å². The molecule has 2 rings (SSSR count). The minimum atomic E-state index is 0.478. The van der Waals surface area contributed by atoms with Gasteiger partial charge < -0.3 is 15.4 Å². The Balaban J connectivity index is 2.26. The van der Waals surface area contributed by atoms with Crippen LogP contribution in [0.15, 0.2) is 36.4 Å². The zero-order chi connectivity index (χ0) is 14.5. The first kappa shape index (κ1) is 14.2. The Hall–Kier alpha value is -2.23. The van der Waals surface area contributed by atoms with Crippen LogP contribution < -0.4 is 15.4 Å². The second-order valence-electron chi connectivity index (χ2n) is 4.71. The van der Waals surface area contributed by atoms with Crippen LogP contribution in [-0.2, 0) is 6.54 Å². The number of aryl methyl sites for hydroxylation is 1. The van der Waals surface area contributed by atoms with Crippen molar-refractivity contribution in [1.29, 1.82) is 0 Å². The molecule has 0 saturated heterocycles. The van der Waals surface area contributed by atoms with Gasteiger partial charge in [0.2, 0.25) is 5.88 Å². The smallest absolute Gasteiger partial charge is 0.238 e. The van der Waals surface area contributed by atoms with Gasteiger partial charge in [-0.1, -0.05) is 24.3 Å². The Bertz CT molecular complexity index is 584. The van der Waals surface area contributed by atoms with E-state index in [9.17, 15) is 0 Å². The van der Waals surface area contributed by atoms with Gasteiger partial charge in [0.25, 0.3) is 0 Å². The number of benzene rings is 1. The van der Waals surface area contributed by atoms with Crippen molar-refractivity contribution in [1.82, 2.24) is 4.98 Å². The quantitative estimate of drug-likeness (QED) is 0.908. The van der Waals surface area contributed by atoms with E-state index in [1.54, 1.807) is 7.11 Å². The van der Waals surface area contributed by atoms with Crippen LogP contribution in [0.2, 0.25) is 0 Å². The van der Waals surface area contributed by atoms with Crippen molar-refractivity contribution in [3.8, 4) is 5.88 Å². The maximum absolute atomic E-state index is 5.81. The second kappa shape index (κ2) is 6.28. The summed E-state index contributed by atoms with van der Waals surface area (Å²) in [6.45, 7) is 5.93. The molecule has 0 aliphatic rings. The number of ether oxygens (including phenoxy) is 1. The number of pyridine rings is 1. The molecule has 0 unspecified atom stereocenters. The molecule has 106 valence electrons. The van der Waals surface area contributed by atoms with E-state index in [2.05, 4.69) is 48.0 Å². The van der Waals surface area contributed by atoms with Gasteiger partial charge >= 0.3 is 0 Å². The van der Waals surface area contributed by atoms with E-state index in [4.69, 9.17) is 10.5 Å². The number of rotatable bonds is 5. The maximum atomic E-state index is 5.81. The molecule has 20 heavy (non-hydrogen) atoms. The lowest BCUT2D eigenvalue weighted by Crippen LogP contribution is -2.23. The summed E-state index contributed by atoms with van der Waals surface area (Å²) in [5, 5.41) is 0. The fraction of sp³-hybridized carbons (Fsp3) is 0.312. The Morgan fingerprint density at radius 3 is 2.60 bits per heavy atom. The molecule has 4 nitrogen and oxygen atoms in total. The van der Waals surface area contributed by atoms with E-state index >= 15 is 0 Å². The van der Waals surface area contributed by atoms with Gasteiger partial charge in [0.05, 0.1) is 12.8 Å². The largest absolute Gasteiger partial charge is 0.479 e. The molecule has 1 heterocycles. The third-order valence-electron chi connectivity index (χ3n) is 3.40. The van der Waals surface area contributed by atoms with Crippen molar-refractivity contribution in [2.24, 2.45) is 0 Å². The molecule has 0 amide bonds. The van der Waals surface area contributed by atoms with Gasteiger partial charge in [0, 0.05) is 13.1 Å². The summed E-state index contributed by atoms with van der Waals surface area (Å²) in [6, 6.07) is 12.2. The fourth-order valence-corrected chi connectivity index (χ4v) is 2.13. The van der Waals surface area contributed by atoms with Crippen molar-refractivity contribution < 1.29 is 4.74 Å². The summed E-state index contributed by atoms with van der Waals surface area (Å²) < 4.78 is 5.19. The number of hydrogen-bond acceptors (Lipinski definition) is 4. The van der Waals surface area contributed by atoms with Crippen LogP contribution in [0.3, 0.4) is 0 Å². The topological polar surface area (TPSA) is 51.4 Å². The van der Waals surface area contributed by atoms with Crippen LogP contribution in [-0.4, -0.2) is 18.6 Å². The van der Waals surface area contributed by atoms with Gasteiger partial charge in [-0.25, -0.2) is 0 Å². The molecule has 0 radical (unpaired) electrons. The number of methoxy groups -OCH3 is 1. The average molecular weight is 271 g/mol. The summed E-state index contributed by atoms with van der Waals surface area (Å²) in [7, 11) is 1.58. The standard InChI is InChI=1S/C16H21N3O/c1-4-19(11-13-8-6-5-7-12(13)2)15-10-9-14(17)16(18-15)20-3/h5-10H,4,11,17H2,1-3H3. The Kier molecular flexibility index (Phi) is 4.45. The molecular weight excluding hydrogens is 250 g/mol. The number of anilines is 2. The van der Waals surface area contributed by atoms with E-state index in [1.807, 2.05) is 12.1 Å². The van der Waals surface area contributed by atoms with E-state index in [1.165, 1.54) is 11.1 Å². The monoisotopic (exact) mass is 271 g/mol. The zero-order valence-electron chi connectivity index (χ0n) is 12.3. The van der Waals surface area contributed by atoms with E-state index in [0.717, 1.165) is 18.9 Å². The third-order valence-corrected chi connectivity index (χ3v) is 3.40. The number of aromatic nitrogens is 1. The van der Waals surface area contributed by atoms with Crippen molar-refractivity contribution in [2.45, 2.75) is 20.4 Å². The minimum absolute atomic E-state index is 0.478. The highest BCUT2D eigenvalue weighted by atomic mass is 16.5. The van der Waals surface area contributed by atoms with Gasteiger partial charge in [0.15, 0.2) is 0 Å². The Morgan fingerprint density at radius 1 is 1.20 bits per heavy atom. The van der Waals surface area contributed by atoms with Crippen LogP contribution in [0.4, 0.5) is 11.5 Å². The second-order valence-corrected chi connectivity index (χ2v) is 4.71. The molecule has 0 fully saturated rings. The molecule has 4 heteroatoms. The summed E-state index contributed by atoms with van der Waals surface area (Å²) in [4.78, 5) is 6.67. The number of nitrogens with zero attached hydrogens (tertiary/aromatic N) is 2. The Labute approximate surface area is 120 Å². The molecule has 2 N–H and O–H groups in total. The van der Waals surface area contributed by atoms with Crippen LogP contribution in [0.1, 0.15) is 18.1 Å². The number of nitrogen functional groups attached to an aromatic ring is 1. The highest BCUT2D eigenvalue weighted by Gasteiger charge is 2.11. The fourth-order valence-electron chi connectivity index (χ4n) is 2.13. The summed E-state index contributed by atoms with van der Waals surface area (Å²) in [6.07, 6.45) is 0. The first-order valence-electron chi connectivity index (χ1n) is 6.75. The molecule has 2 aromatic rings. The molecule has 0 atom stereocenters. The van der Waals surface area contributed by atoms with Gasteiger partial charge in [-0.15, -0.1) is 0 Å². The molecule has 1 aromatic heterocycles. The van der Waals surface area contributed by atoms with Crippen molar-refractivity contribution in [2.75, 3.05) is 24.3 Å². The predicted octanol–water partition coefficient (Wildman–Crippen LogP) is 3.01. The van der Waals surface area contributed by atoms with Crippen molar-refractivity contribution in [3.05, 3.63) is 47.5 Å².